The SMILES string of the molecule is CC1(C(O)Cc2ccc(F)cc2)CC1. The van der Waals surface area contributed by atoms with Crippen molar-refractivity contribution in [3.8, 4) is 0 Å². The Labute approximate surface area is 83.6 Å². The summed E-state index contributed by atoms with van der Waals surface area (Å²) in [6.07, 6.45) is 2.56. The van der Waals surface area contributed by atoms with Crippen molar-refractivity contribution in [2.45, 2.75) is 32.3 Å². The first-order chi connectivity index (χ1) is 6.60. The molecule has 0 bridgehead atoms. The first kappa shape index (κ1) is 9.66. The van der Waals surface area contributed by atoms with Crippen molar-refractivity contribution < 1.29 is 9.50 Å². The number of aliphatic hydroxyl groups excluding tert-OH is 1. The van der Waals surface area contributed by atoms with E-state index in [4.69, 9.17) is 0 Å². The van der Waals surface area contributed by atoms with Crippen LogP contribution in [-0.2, 0) is 6.42 Å². The largest absolute Gasteiger partial charge is 0.392 e. The van der Waals surface area contributed by atoms with E-state index >= 15 is 0 Å². The molecule has 1 unspecified atom stereocenters. The van der Waals surface area contributed by atoms with E-state index in [0.717, 1.165) is 18.4 Å². The average Bonchev–Trinajstić information content (AvgIpc) is 2.89. The number of benzene rings is 1. The first-order valence-electron chi connectivity index (χ1n) is 5.03. The molecular formula is C12H15FO. The highest BCUT2D eigenvalue weighted by atomic mass is 19.1. The number of hydrogen-bond donors (Lipinski definition) is 1. The minimum atomic E-state index is -0.284. The normalized spacial score (nSPS) is 20.5. The first-order valence-corrected chi connectivity index (χ1v) is 5.03. The maximum atomic E-state index is 12.6. The number of hydrogen-bond acceptors (Lipinski definition) is 1. The van der Waals surface area contributed by atoms with Crippen LogP contribution in [0.2, 0.25) is 0 Å². The minimum absolute atomic E-state index is 0.119. The average molecular weight is 194 g/mol. The molecule has 2 heteroatoms. The Bertz CT molecular complexity index is 314. The van der Waals surface area contributed by atoms with Gasteiger partial charge in [0.05, 0.1) is 6.10 Å². The fourth-order valence-electron chi connectivity index (χ4n) is 1.62. The second kappa shape index (κ2) is 3.35. The minimum Gasteiger partial charge on any atom is -0.392 e. The molecule has 1 nitrogen and oxygen atoms in total. The Morgan fingerprint density at radius 2 is 1.93 bits per heavy atom. The lowest BCUT2D eigenvalue weighted by Gasteiger charge is -2.17. The number of halogens is 1. The lowest BCUT2D eigenvalue weighted by Crippen LogP contribution is -2.21. The van der Waals surface area contributed by atoms with Crippen molar-refractivity contribution in [1.82, 2.24) is 0 Å². The van der Waals surface area contributed by atoms with Crippen LogP contribution in [0.15, 0.2) is 24.3 Å². The summed E-state index contributed by atoms with van der Waals surface area (Å²) in [6.45, 7) is 2.10. The van der Waals surface area contributed by atoms with Gasteiger partial charge in [0.15, 0.2) is 0 Å². The van der Waals surface area contributed by atoms with Crippen molar-refractivity contribution in [3.63, 3.8) is 0 Å². The van der Waals surface area contributed by atoms with Gasteiger partial charge in [0.1, 0.15) is 5.82 Å². The molecule has 1 aliphatic rings. The molecule has 0 aliphatic heterocycles. The Morgan fingerprint density at radius 3 is 2.43 bits per heavy atom. The van der Waals surface area contributed by atoms with Crippen molar-refractivity contribution >= 4 is 0 Å². The van der Waals surface area contributed by atoms with E-state index < -0.39 is 0 Å². The number of aliphatic hydroxyl groups is 1. The van der Waals surface area contributed by atoms with Gasteiger partial charge in [-0.2, -0.15) is 0 Å². The van der Waals surface area contributed by atoms with E-state index in [1.165, 1.54) is 12.1 Å². The third kappa shape index (κ3) is 1.95. The lowest BCUT2D eigenvalue weighted by atomic mass is 9.95. The molecule has 0 radical (unpaired) electrons. The van der Waals surface area contributed by atoms with Gasteiger partial charge in [-0.3, -0.25) is 0 Å². The summed E-state index contributed by atoms with van der Waals surface area (Å²) in [7, 11) is 0. The van der Waals surface area contributed by atoms with Gasteiger partial charge >= 0.3 is 0 Å². The predicted molar refractivity (Wildman–Crippen MR) is 53.5 cm³/mol. The van der Waals surface area contributed by atoms with Crippen LogP contribution in [0.3, 0.4) is 0 Å². The second-order valence-electron chi connectivity index (χ2n) is 4.50. The van der Waals surface area contributed by atoms with Crippen LogP contribution in [0, 0.1) is 11.2 Å². The van der Waals surface area contributed by atoms with Gasteiger partial charge < -0.3 is 5.11 Å². The molecule has 1 saturated carbocycles. The third-order valence-corrected chi connectivity index (χ3v) is 3.19. The van der Waals surface area contributed by atoms with Crippen molar-refractivity contribution in [2.75, 3.05) is 0 Å². The Hall–Kier alpha value is -0.890. The van der Waals surface area contributed by atoms with E-state index in [-0.39, 0.29) is 17.3 Å². The monoisotopic (exact) mass is 194 g/mol. The quantitative estimate of drug-likeness (QED) is 0.784. The van der Waals surface area contributed by atoms with E-state index in [0.29, 0.717) is 6.42 Å². The van der Waals surface area contributed by atoms with E-state index in [9.17, 15) is 9.50 Å². The Morgan fingerprint density at radius 1 is 1.36 bits per heavy atom. The fourth-order valence-corrected chi connectivity index (χ4v) is 1.62. The third-order valence-electron chi connectivity index (χ3n) is 3.19. The Balaban J connectivity index is 2.00. The number of rotatable bonds is 3. The molecule has 0 amide bonds. The summed E-state index contributed by atoms with van der Waals surface area (Å²) in [5.74, 6) is -0.221. The molecule has 1 aromatic rings. The molecule has 2 rings (SSSR count). The highest BCUT2D eigenvalue weighted by molar-refractivity contribution is 5.18. The van der Waals surface area contributed by atoms with Gasteiger partial charge in [0, 0.05) is 0 Å². The standard InChI is InChI=1S/C12H15FO/c1-12(6-7-12)11(14)8-9-2-4-10(13)5-3-9/h2-5,11,14H,6-8H2,1H3. The smallest absolute Gasteiger partial charge is 0.123 e. The van der Waals surface area contributed by atoms with Crippen LogP contribution < -0.4 is 0 Å². The molecule has 1 aromatic carbocycles. The summed E-state index contributed by atoms with van der Waals surface area (Å²) >= 11 is 0. The summed E-state index contributed by atoms with van der Waals surface area (Å²) < 4.78 is 12.6. The van der Waals surface area contributed by atoms with Crippen LogP contribution in [0.25, 0.3) is 0 Å². The second-order valence-corrected chi connectivity index (χ2v) is 4.50. The zero-order chi connectivity index (χ0) is 10.2. The molecule has 0 spiro atoms. The maximum Gasteiger partial charge on any atom is 0.123 e. The highest BCUT2D eigenvalue weighted by Gasteiger charge is 2.43. The van der Waals surface area contributed by atoms with Gasteiger partial charge in [-0.1, -0.05) is 19.1 Å². The lowest BCUT2D eigenvalue weighted by molar-refractivity contribution is 0.103. The molecule has 1 fully saturated rings. The van der Waals surface area contributed by atoms with E-state index in [1.54, 1.807) is 12.1 Å². The molecule has 1 aliphatic carbocycles. The van der Waals surface area contributed by atoms with E-state index in [2.05, 4.69) is 6.92 Å². The van der Waals surface area contributed by atoms with Crippen LogP contribution in [0.5, 0.6) is 0 Å². The molecule has 76 valence electrons. The van der Waals surface area contributed by atoms with Gasteiger partial charge in [0.25, 0.3) is 0 Å². The summed E-state index contributed by atoms with van der Waals surface area (Å²) in [4.78, 5) is 0. The molecule has 14 heavy (non-hydrogen) atoms. The van der Waals surface area contributed by atoms with Gasteiger partial charge in [-0.05, 0) is 42.4 Å². The van der Waals surface area contributed by atoms with Gasteiger partial charge in [0.2, 0.25) is 0 Å². The van der Waals surface area contributed by atoms with E-state index in [1.807, 2.05) is 0 Å². The zero-order valence-electron chi connectivity index (χ0n) is 8.33. The van der Waals surface area contributed by atoms with Gasteiger partial charge in [-0.15, -0.1) is 0 Å². The van der Waals surface area contributed by atoms with Crippen LogP contribution in [0.4, 0.5) is 4.39 Å². The zero-order valence-corrected chi connectivity index (χ0v) is 8.33. The molecule has 1 atom stereocenters. The Kier molecular flexibility index (Phi) is 2.31. The van der Waals surface area contributed by atoms with Crippen molar-refractivity contribution in [2.24, 2.45) is 5.41 Å². The maximum absolute atomic E-state index is 12.6. The van der Waals surface area contributed by atoms with Crippen LogP contribution >= 0.6 is 0 Å². The molecule has 0 saturated heterocycles. The van der Waals surface area contributed by atoms with Crippen LogP contribution in [0.1, 0.15) is 25.3 Å². The topological polar surface area (TPSA) is 20.2 Å². The van der Waals surface area contributed by atoms with Crippen molar-refractivity contribution in [3.05, 3.63) is 35.6 Å². The summed E-state index contributed by atoms with van der Waals surface area (Å²) in [5.41, 5.74) is 1.13. The predicted octanol–water partition coefficient (Wildman–Crippen LogP) is 2.53. The van der Waals surface area contributed by atoms with Crippen LogP contribution in [-0.4, -0.2) is 11.2 Å². The van der Waals surface area contributed by atoms with Crippen molar-refractivity contribution in [1.29, 1.82) is 0 Å². The summed E-state index contributed by atoms with van der Waals surface area (Å²) in [6, 6.07) is 6.36. The molecule has 1 N–H and O–H groups in total. The molecule has 0 aromatic heterocycles. The molecule has 0 heterocycles. The van der Waals surface area contributed by atoms with Gasteiger partial charge in [-0.25, -0.2) is 4.39 Å². The fraction of sp³-hybridized carbons (Fsp3) is 0.500. The molecular weight excluding hydrogens is 179 g/mol. The summed E-state index contributed by atoms with van der Waals surface area (Å²) in [5, 5.41) is 9.88. The highest BCUT2D eigenvalue weighted by Crippen LogP contribution is 2.48.